The van der Waals surface area contributed by atoms with Gasteiger partial charge in [0, 0.05) is 41.9 Å². The van der Waals surface area contributed by atoms with E-state index in [-0.39, 0.29) is 18.3 Å². The Balaban J connectivity index is 1.29. The van der Waals surface area contributed by atoms with Gasteiger partial charge in [0.1, 0.15) is 30.6 Å². The van der Waals surface area contributed by atoms with Gasteiger partial charge in [0.05, 0.1) is 25.8 Å². The van der Waals surface area contributed by atoms with Crippen molar-refractivity contribution < 1.29 is 28.9 Å². The molecule has 0 spiro atoms. The molecule has 3 aliphatic rings. The quantitative estimate of drug-likeness (QED) is 0.589. The molecule has 0 aliphatic carbocycles. The predicted octanol–water partition coefficient (Wildman–Crippen LogP) is 1.58. The molecule has 0 radical (unpaired) electrons. The number of aliphatic hydroxyl groups excluding tert-OH is 2. The SMILES string of the molecule is O=C1c2cccc(OCc3cccc(CN4CCOCC4)c3F)c2CN1C1CCC(O)NC1O. The Morgan fingerprint density at radius 2 is 1.85 bits per heavy atom. The first-order valence-electron chi connectivity index (χ1n) is 11.8. The number of halogens is 1. The van der Waals surface area contributed by atoms with Crippen LogP contribution in [0.15, 0.2) is 36.4 Å². The second-order valence-corrected chi connectivity index (χ2v) is 9.05. The molecule has 2 aromatic carbocycles. The van der Waals surface area contributed by atoms with Gasteiger partial charge in [-0.25, -0.2) is 4.39 Å². The molecule has 2 fully saturated rings. The van der Waals surface area contributed by atoms with Crippen LogP contribution in [0, 0.1) is 5.82 Å². The minimum atomic E-state index is -1.00. The van der Waals surface area contributed by atoms with Crippen LogP contribution in [-0.4, -0.2) is 70.7 Å². The highest BCUT2D eigenvalue weighted by Gasteiger charge is 2.40. The Labute approximate surface area is 197 Å². The fraction of sp³-hybridized carbons (Fsp3) is 0.480. The highest BCUT2D eigenvalue weighted by molar-refractivity contribution is 5.99. The summed E-state index contributed by atoms with van der Waals surface area (Å²) in [5.41, 5.74) is 2.35. The number of benzene rings is 2. The molecule has 8 nitrogen and oxygen atoms in total. The highest BCUT2D eigenvalue weighted by atomic mass is 19.1. The van der Waals surface area contributed by atoms with Gasteiger partial charge in [-0.1, -0.05) is 24.3 Å². The van der Waals surface area contributed by atoms with Crippen molar-refractivity contribution >= 4 is 5.91 Å². The molecule has 0 bridgehead atoms. The van der Waals surface area contributed by atoms with Crippen molar-refractivity contribution in [2.75, 3.05) is 26.3 Å². The number of carbonyl (C=O) groups is 1. The molecular weight excluding hydrogens is 441 g/mol. The predicted molar refractivity (Wildman–Crippen MR) is 121 cm³/mol. The number of hydrogen-bond donors (Lipinski definition) is 3. The molecule has 3 unspecified atom stereocenters. The van der Waals surface area contributed by atoms with Gasteiger partial charge in [0.25, 0.3) is 5.91 Å². The van der Waals surface area contributed by atoms with E-state index < -0.39 is 18.5 Å². The summed E-state index contributed by atoms with van der Waals surface area (Å²) in [5, 5.41) is 22.7. The molecular formula is C25H30FN3O5. The van der Waals surface area contributed by atoms with E-state index in [4.69, 9.17) is 9.47 Å². The fourth-order valence-electron chi connectivity index (χ4n) is 4.96. The molecule has 0 aromatic heterocycles. The standard InChI is InChI=1S/C25H30FN3O5/c26-23-16(13-28-9-11-33-12-10-28)3-1-4-17(23)15-34-21-6-2-5-18-19(21)14-29(25(18)32)20-7-8-22(30)27-24(20)31/h1-6,20,22,24,27,30-31H,7-15H2. The number of nitrogens with zero attached hydrogens (tertiary/aromatic N) is 2. The first kappa shape index (κ1) is 23.2. The Morgan fingerprint density at radius 3 is 2.65 bits per heavy atom. The third kappa shape index (κ3) is 4.67. The molecule has 2 aromatic rings. The number of hydrogen-bond acceptors (Lipinski definition) is 7. The van der Waals surface area contributed by atoms with E-state index in [1.165, 1.54) is 0 Å². The second-order valence-electron chi connectivity index (χ2n) is 9.05. The lowest BCUT2D eigenvalue weighted by Gasteiger charge is -2.37. The molecule has 2 saturated heterocycles. The minimum Gasteiger partial charge on any atom is -0.488 e. The van der Waals surface area contributed by atoms with Crippen LogP contribution in [-0.2, 0) is 24.4 Å². The van der Waals surface area contributed by atoms with Gasteiger partial charge in [-0.05, 0) is 25.0 Å². The average molecular weight is 472 g/mol. The fourth-order valence-corrected chi connectivity index (χ4v) is 4.96. The van der Waals surface area contributed by atoms with Crippen LogP contribution in [0.25, 0.3) is 0 Å². The number of piperidine rings is 1. The lowest BCUT2D eigenvalue weighted by Crippen LogP contribution is -2.56. The van der Waals surface area contributed by atoms with E-state index in [1.54, 1.807) is 35.2 Å². The van der Waals surface area contributed by atoms with Gasteiger partial charge in [0.15, 0.2) is 0 Å². The number of amides is 1. The molecule has 34 heavy (non-hydrogen) atoms. The van der Waals surface area contributed by atoms with Gasteiger partial charge in [-0.2, -0.15) is 0 Å². The summed E-state index contributed by atoms with van der Waals surface area (Å²) in [6.07, 6.45) is -0.841. The highest BCUT2D eigenvalue weighted by Crippen LogP contribution is 2.34. The van der Waals surface area contributed by atoms with Crippen LogP contribution in [0.2, 0.25) is 0 Å². The Bertz CT molecular complexity index is 1050. The van der Waals surface area contributed by atoms with Crippen LogP contribution >= 0.6 is 0 Å². The summed E-state index contributed by atoms with van der Waals surface area (Å²) in [6.45, 7) is 3.76. The normalized spacial score (nSPS) is 25.4. The van der Waals surface area contributed by atoms with E-state index in [1.807, 2.05) is 6.07 Å². The summed E-state index contributed by atoms with van der Waals surface area (Å²) < 4.78 is 26.6. The maximum atomic E-state index is 15.2. The minimum absolute atomic E-state index is 0.0488. The zero-order valence-corrected chi connectivity index (χ0v) is 19.0. The number of rotatable bonds is 6. The van der Waals surface area contributed by atoms with Crippen LogP contribution in [0.5, 0.6) is 5.75 Å². The molecule has 3 atom stereocenters. The average Bonchev–Trinajstić information content (AvgIpc) is 3.17. The van der Waals surface area contributed by atoms with Crippen molar-refractivity contribution in [3.05, 3.63) is 64.5 Å². The third-order valence-corrected chi connectivity index (χ3v) is 6.86. The van der Waals surface area contributed by atoms with Crippen molar-refractivity contribution in [3.8, 4) is 5.75 Å². The smallest absolute Gasteiger partial charge is 0.255 e. The lowest BCUT2D eigenvalue weighted by molar-refractivity contribution is -0.0478. The van der Waals surface area contributed by atoms with Crippen LogP contribution < -0.4 is 10.1 Å². The van der Waals surface area contributed by atoms with Crippen molar-refractivity contribution in [2.24, 2.45) is 0 Å². The molecule has 182 valence electrons. The monoisotopic (exact) mass is 471 g/mol. The van der Waals surface area contributed by atoms with E-state index in [0.29, 0.717) is 61.6 Å². The van der Waals surface area contributed by atoms with Gasteiger partial charge >= 0.3 is 0 Å². The number of fused-ring (bicyclic) bond motifs is 1. The Morgan fingerprint density at radius 1 is 1.09 bits per heavy atom. The van der Waals surface area contributed by atoms with Crippen molar-refractivity contribution in [3.63, 3.8) is 0 Å². The molecule has 3 N–H and O–H groups in total. The topological polar surface area (TPSA) is 94.5 Å². The summed E-state index contributed by atoms with van der Waals surface area (Å²) in [5.74, 6) is 0.0836. The molecule has 9 heteroatoms. The maximum absolute atomic E-state index is 15.2. The largest absolute Gasteiger partial charge is 0.488 e. The number of nitrogens with one attached hydrogen (secondary N) is 1. The van der Waals surface area contributed by atoms with Crippen molar-refractivity contribution in [2.45, 2.75) is 51.0 Å². The second kappa shape index (κ2) is 9.97. The number of morpholine rings is 1. The molecule has 0 saturated carbocycles. The van der Waals surface area contributed by atoms with Gasteiger partial charge < -0.3 is 24.6 Å². The van der Waals surface area contributed by atoms with E-state index in [0.717, 1.165) is 18.7 Å². The molecule has 5 rings (SSSR count). The van der Waals surface area contributed by atoms with Crippen molar-refractivity contribution in [1.82, 2.24) is 15.1 Å². The number of ether oxygens (including phenoxy) is 2. The first-order valence-corrected chi connectivity index (χ1v) is 11.8. The lowest BCUT2D eigenvalue weighted by atomic mass is 10.0. The summed E-state index contributed by atoms with van der Waals surface area (Å²) >= 11 is 0. The van der Waals surface area contributed by atoms with E-state index in [2.05, 4.69) is 10.2 Å². The van der Waals surface area contributed by atoms with Gasteiger partial charge in [-0.3, -0.25) is 15.0 Å². The molecule has 3 aliphatic heterocycles. The van der Waals surface area contributed by atoms with Crippen LogP contribution in [0.1, 0.15) is 39.9 Å². The summed E-state index contributed by atoms with van der Waals surface area (Å²) in [7, 11) is 0. The van der Waals surface area contributed by atoms with Crippen LogP contribution in [0.4, 0.5) is 4.39 Å². The summed E-state index contributed by atoms with van der Waals surface area (Å²) in [4.78, 5) is 16.8. The molecule has 3 heterocycles. The zero-order valence-electron chi connectivity index (χ0n) is 19.0. The first-order chi connectivity index (χ1) is 16.5. The summed E-state index contributed by atoms with van der Waals surface area (Å²) in [6, 6.07) is 10.2. The zero-order chi connectivity index (χ0) is 23.7. The number of aliphatic hydroxyl groups is 2. The van der Waals surface area contributed by atoms with Crippen LogP contribution in [0.3, 0.4) is 0 Å². The Hall–Kier alpha value is -2.56. The third-order valence-electron chi connectivity index (χ3n) is 6.86. The van der Waals surface area contributed by atoms with E-state index >= 15 is 4.39 Å². The number of carbonyl (C=O) groups excluding carboxylic acids is 1. The van der Waals surface area contributed by atoms with Gasteiger partial charge in [-0.15, -0.1) is 0 Å². The van der Waals surface area contributed by atoms with Gasteiger partial charge in [0.2, 0.25) is 0 Å². The maximum Gasteiger partial charge on any atom is 0.255 e. The van der Waals surface area contributed by atoms with Crippen molar-refractivity contribution in [1.29, 1.82) is 0 Å². The Kier molecular flexibility index (Phi) is 6.80. The van der Waals surface area contributed by atoms with E-state index in [9.17, 15) is 15.0 Å². The molecule has 1 amide bonds.